The van der Waals surface area contributed by atoms with Gasteiger partial charge in [-0.05, 0) is 47.9 Å². The molecule has 0 aliphatic rings. The summed E-state index contributed by atoms with van der Waals surface area (Å²) in [4.78, 5) is 18.8. The van der Waals surface area contributed by atoms with E-state index in [9.17, 15) is 4.79 Å². The van der Waals surface area contributed by atoms with Crippen molar-refractivity contribution < 1.29 is 0 Å². The van der Waals surface area contributed by atoms with E-state index in [-0.39, 0.29) is 5.56 Å². The van der Waals surface area contributed by atoms with Crippen molar-refractivity contribution in [3.63, 3.8) is 0 Å². The number of nitrogens with one attached hydrogen (secondary N) is 1. The number of aromatic nitrogens is 6. The number of H-pyrrole nitrogens is 1. The molecule has 0 aliphatic heterocycles. The number of nitrogens with zero attached hydrogens (tertiary/aromatic N) is 5. The summed E-state index contributed by atoms with van der Waals surface area (Å²) < 4.78 is 1.72. The van der Waals surface area contributed by atoms with Gasteiger partial charge in [0.05, 0.1) is 11.4 Å². The van der Waals surface area contributed by atoms with Crippen LogP contribution in [0.1, 0.15) is 29.6 Å². The van der Waals surface area contributed by atoms with E-state index in [0.29, 0.717) is 16.7 Å². The highest BCUT2D eigenvalue weighted by molar-refractivity contribution is 7.98. The molecule has 7 nitrogen and oxygen atoms in total. The number of tetrazole rings is 1. The van der Waals surface area contributed by atoms with Crippen molar-refractivity contribution in [2.45, 2.75) is 38.1 Å². The van der Waals surface area contributed by atoms with Gasteiger partial charge >= 0.3 is 0 Å². The van der Waals surface area contributed by atoms with Gasteiger partial charge in [0.2, 0.25) is 5.16 Å². The van der Waals surface area contributed by atoms with Gasteiger partial charge in [0.25, 0.3) is 5.56 Å². The smallest absolute Gasteiger partial charge is 0.251 e. The monoisotopic (exact) mass is 342 g/mol. The van der Waals surface area contributed by atoms with Crippen molar-refractivity contribution in [1.82, 2.24) is 30.2 Å². The van der Waals surface area contributed by atoms with Crippen molar-refractivity contribution >= 4 is 11.8 Å². The zero-order chi connectivity index (χ0) is 17.1. The topological polar surface area (TPSA) is 89.4 Å². The highest BCUT2D eigenvalue weighted by Crippen LogP contribution is 2.23. The minimum Gasteiger partial charge on any atom is -0.310 e. The molecular formula is C16H18N6OS. The van der Waals surface area contributed by atoms with E-state index in [4.69, 9.17) is 0 Å². The fourth-order valence-electron chi connectivity index (χ4n) is 2.33. The summed E-state index contributed by atoms with van der Waals surface area (Å²) in [5.41, 5.74) is 3.91. The lowest BCUT2D eigenvalue weighted by Crippen LogP contribution is -2.12. The Bertz CT molecular complexity index is 917. The minimum absolute atomic E-state index is 0.133. The molecular weight excluding hydrogens is 324 g/mol. The highest BCUT2D eigenvalue weighted by Gasteiger charge is 2.13. The fraction of sp³-hybridized carbons (Fsp3) is 0.312. The van der Waals surface area contributed by atoms with E-state index in [1.807, 2.05) is 26.0 Å². The molecule has 0 spiro atoms. The van der Waals surface area contributed by atoms with Crippen LogP contribution in [0.25, 0.3) is 5.69 Å². The van der Waals surface area contributed by atoms with Crippen LogP contribution in [0.15, 0.2) is 34.2 Å². The first kappa shape index (κ1) is 16.4. The SMILES string of the molecule is CCc1cc(=O)[nH]c(CSc2nnnn2-c2cccc(C)c2C)n1. The number of thioether (sulfide) groups is 1. The second-order valence-corrected chi connectivity index (χ2v) is 6.36. The molecule has 0 saturated heterocycles. The Kier molecular flexibility index (Phi) is 4.75. The van der Waals surface area contributed by atoms with Gasteiger partial charge in [-0.15, -0.1) is 5.10 Å². The Morgan fingerprint density at radius 3 is 2.92 bits per heavy atom. The van der Waals surface area contributed by atoms with Gasteiger partial charge in [-0.25, -0.2) is 4.98 Å². The Labute approximate surface area is 143 Å². The lowest BCUT2D eigenvalue weighted by Gasteiger charge is -2.09. The number of hydrogen-bond donors (Lipinski definition) is 1. The van der Waals surface area contributed by atoms with Gasteiger partial charge in [0.15, 0.2) is 0 Å². The Morgan fingerprint density at radius 2 is 2.12 bits per heavy atom. The predicted molar refractivity (Wildman–Crippen MR) is 92.4 cm³/mol. The van der Waals surface area contributed by atoms with Crippen molar-refractivity contribution in [3.8, 4) is 5.69 Å². The average molecular weight is 342 g/mol. The molecule has 0 fully saturated rings. The molecule has 8 heteroatoms. The number of hydrogen-bond acceptors (Lipinski definition) is 6. The first-order valence-electron chi connectivity index (χ1n) is 7.65. The molecule has 0 bridgehead atoms. The average Bonchev–Trinajstić information content (AvgIpc) is 3.03. The maximum absolute atomic E-state index is 11.7. The zero-order valence-corrected chi connectivity index (χ0v) is 14.6. The van der Waals surface area contributed by atoms with Crippen LogP contribution >= 0.6 is 11.8 Å². The van der Waals surface area contributed by atoms with Gasteiger partial charge in [-0.1, -0.05) is 30.8 Å². The summed E-state index contributed by atoms with van der Waals surface area (Å²) in [7, 11) is 0. The van der Waals surface area contributed by atoms with Crippen molar-refractivity contribution in [1.29, 1.82) is 0 Å². The van der Waals surface area contributed by atoms with Gasteiger partial charge in [0.1, 0.15) is 5.82 Å². The van der Waals surface area contributed by atoms with Gasteiger partial charge in [-0.2, -0.15) is 4.68 Å². The first-order valence-corrected chi connectivity index (χ1v) is 8.64. The quantitative estimate of drug-likeness (QED) is 0.715. The second-order valence-electron chi connectivity index (χ2n) is 5.42. The van der Waals surface area contributed by atoms with Crippen molar-refractivity contribution in [2.75, 3.05) is 0 Å². The molecule has 2 aromatic heterocycles. The normalized spacial score (nSPS) is 11.0. The molecule has 1 N–H and O–H groups in total. The lowest BCUT2D eigenvalue weighted by molar-refractivity contribution is 0.750. The van der Waals surface area contributed by atoms with Crippen LogP contribution in [0.5, 0.6) is 0 Å². The van der Waals surface area contributed by atoms with E-state index in [2.05, 4.69) is 38.5 Å². The second kappa shape index (κ2) is 6.96. The summed E-state index contributed by atoms with van der Waals surface area (Å²) in [6.45, 7) is 6.07. The summed E-state index contributed by atoms with van der Waals surface area (Å²) >= 11 is 1.44. The Balaban J connectivity index is 1.85. The van der Waals surface area contributed by atoms with E-state index in [0.717, 1.165) is 23.4 Å². The van der Waals surface area contributed by atoms with Gasteiger partial charge in [0, 0.05) is 11.8 Å². The van der Waals surface area contributed by atoms with E-state index in [1.54, 1.807) is 4.68 Å². The molecule has 0 radical (unpaired) electrons. The van der Waals surface area contributed by atoms with Gasteiger partial charge < -0.3 is 4.98 Å². The molecule has 0 atom stereocenters. The fourth-order valence-corrected chi connectivity index (χ4v) is 3.08. The van der Waals surface area contributed by atoms with Crippen LogP contribution in [0.3, 0.4) is 0 Å². The number of benzene rings is 1. The van der Waals surface area contributed by atoms with Crippen LogP contribution in [0.4, 0.5) is 0 Å². The minimum atomic E-state index is -0.133. The molecule has 0 saturated carbocycles. The summed E-state index contributed by atoms with van der Waals surface area (Å²) in [6.07, 6.45) is 0.724. The first-order chi connectivity index (χ1) is 11.6. The lowest BCUT2D eigenvalue weighted by atomic mass is 10.1. The van der Waals surface area contributed by atoms with Crippen molar-refractivity contribution in [2.24, 2.45) is 0 Å². The predicted octanol–water partition coefficient (Wildman–Crippen LogP) is 2.22. The molecule has 2 heterocycles. The summed E-state index contributed by atoms with van der Waals surface area (Å²) in [6, 6.07) is 7.55. The third-order valence-corrected chi connectivity index (χ3v) is 4.72. The molecule has 1 aromatic carbocycles. The number of aryl methyl sites for hydroxylation is 2. The van der Waals surface area contributed by atoms with Crippen LogP contribution in [-0.4, -0.2) is 30.2 Å². The third kappa shape index (κ3) is 3.38. The standard InChI is InChI=1S/C16H18N6OS/c1-4-12-8-15(23)18-14(17-12)9-24-16-19-20-21-22(16)13-7-5-6-10(2)11(13)3/h5-8H,4,9H2,1-3H3,(H,17,18,23). The zero-order valence-electron chi connectivity index (χ0n) is 13.8. The Morgan fingerprint density at radius 1 is 1.29 bits per heavy atom. The largest absolute Gasteiger partial charge is 0.310 e. The molecule has 24 heavy (non-hydrogen) atoms. The maximum Gasteiger partial charge on any atom is 0.251 e. The van der Waals surface area contributed by atoms with E-state index >= 15 is 0 Å². The molecule has 3 rings (SSSR count). The van der Waals surface area contributed by atoms with Crippen LogP contribution in [0, 0.1) is 13.8 Å². The molecule has 0 amide bonds. The highest BCUT2D eigenvalue weighted by atomic mass is 32.2. The van der Waals surface area contributed by atoms with Crippen LogP contribution < -0.4 is 5.56 Å². The maximum atomic E-state index is 11.7. The molecule has 124 valence electrons. The summed E-state index contributed by atoms with van der Waals surface area (Å²) in [5.74, 6) is 1.12. The molecule has 3 aromatic rings. The molecule has 0 aliphatic carbocycles. The van der Waals surface area contributed by atoms with Crippen LogP contribution in [-0.2, 0) is 12.2 Å². The van der Waals surface area contributed by atoms with Gasteiger partial charge in [-0.3, -0.25) is 4.79 Å². The number of rotatable bonds is 5. The van der Waals surface area contributed by atoms with E-state index < -0.39 is 0 Å². The molecule has 0 unspecified atom stereocenters. The van der Waals surface area contributed by atoms with E-state index in [1.165, 1.54) is 23.4 Å². The van der Waals surface area contributed by atoms with Crippen molar-refractivity contribution in [3.05, 3.63) is 57.3 Å². The Hall–Kier alpha value is -2.48. The van der Waals surface area contributed by atoms with Crippen LogP contribution in [0.2, 0.25) is 0 Å². The third-order valence-electron chi connectivity index (χ3n) is 3.79. The number of aromatic amines is 1. The summed E-state index contributed by atoms with van der Waals surface area (Å²) in [5, 5.41) is 12.6.